The normalized spacial score (nSPS) is 13.3. The van der Waals surface area contributed by atoms with E-state index >= 15 is 0 Å². The SMILES string of the molecule is CCNC(=O)CN(CC)c1cc2c(cc1N)CCC(=O)N2. The Labute approximate surface area is 124 Å². The van der Waals surface area contributed by atoms with Crippen LogP contribution in [0.4, 0.5) is 17.1 Å². The molecule has 0 radical (unpaired) electrons. The molecule has 6 heteroatoms. The summed E-state index contributed by atoms with van der Waals surface area (Å²) in [5, 5.41) is 5.64. The zero-order chi connectivity index (χ0) is 15.4. The molecule has 1 aliphatic rings. The summed E-state index contributed by atoms with van der Waals surface area (Å²) in [6, 6.07) is 3.76. The van der Waals surface area contributed by atoms with Crippen molar-refractivity contribution in [3.63, 3.8) is 0 Å². The van der Waals surface area contributed by atoms with Gasteiger partial charge in [0.15, 0.2) is 0 Å². The van der Waals surface area contributed by atoms with E-state index in [0.717, 1.165) is 16.9 Å². The summed E-state index contributed by atoms with van der Waals surface area (Å²) in [5.41, 5.74) is 9.38. The second-order valence-corrected chi connectivity index (χ2v) is 5.08. The fourth-order valence-corrected chi connectivity index (χ4v) is 2.50. The molecule has 0 bridgehead atoms. The van der Waals surface area contributed by atoms with Crippen LogP contribution in [0.2, 0.25) is 0 Å². The molecule has 21 heavy (non-hydrogen) atoms. The molecule has 114 valence electrons. The number of aryl methyl sites for hydroxylation is 1. The fraction of sp³-hybridized carbons (Fsp3) is 0.467. The number of benzene rings is 1. The van der Waals surface area contributed by atoms with Crippen molar-refractivity contribution in [3.8, 4) is 0 Å². The standard InChI is InChI=1S/C15H22N4O2/c1-3-17-15(21)9-19(4-2)13-8-12-10(7-11(13)16)5-6-14(20)18-12/h7-8H,3-6,9,16H2,1-2H3,(H,17,21)(H,18,20). The van der Waals surface area contributed by atoms with Crippen molar-refractivity contribution in [2.24, 2.45) is 0 Å². The number of hydrogen-bond acceptors (Lipinski definition) is 4. The number of nitrogens with two attached hydrogens (primary N) is 1. The number of nitrogens with one attached hydrogen (secondary N) is 2. The summed E-state index contributed by atoms with van der Waals surface area (Å²) in [6.45, 7) is 5.37. The van der Waals surface area contributed by atoms with Gasteiger partial charge < -0.3 is 21.3 Å². The number of carbonyl (C=O) groups is 2. The van der Waals surface area contributed by atoms with Crippen LogP contribution in [0.5, 0.6) is 0 Å². The predicted octanol–water partition coefficient (Wildman–Crippen LogP) is 1.12. The molecule has 0 fully saturated rings. The summed E-state index contributed by atoms with van der Waals surface area (Å²) in [6.07, 6.45) is 1.19. The third-order valence-electron chi connectivity index (χ3n) is 3.58. The van der Waals surface area contributed by atoms with Gasteiger partial charge in [0.1, 0.15) is 0 Å². The Hall–Kier alpha value is -2.24. The van der Waals surface area contributed by atoms with Gasteiger partial charge in [0.2, 0.25) is 11.8 Å². The first kappa shape index (κ1) is 15.2. The molecule has 2 amide bonds. The minimum absolute atomic E-state index is 0.0185. The lowest BCUT2D eigenvalue weighted by molar-refractivity contribution is -0.119. The van der Waals surface area contributed by atoms with Gasteiger partial charge in [-0.15, -0.1) is 0 Å². The second kappa shape index (κ2) is 6.47. The van der Waals surface area contributed by atoms with Crippen LogP contribution >= 0.6 is 0 Å². The molecule has 1 aliphatic heterocycles. The maximum Gasteiger partial charge on any atom is 0.239 e. The fourth-order valence-electron chi connectivity index (χ4n) is 2.50. The highest BCUT2D eigenvalue weighted by atomic mass is 16.2. The third-order valence-corrected chi connectivity index (χ3v) is 3.58. The molecule has 2 rings (SSSR count). The Morgan fingerprint density at radius 3 is 2.81 bits per heavy atom. The first-order valence-corrected chi connectivity index (χ1v) is 7.29. The number of rotatable bonds is 5. The average Bonchev–Trinajstić information content (AvgIpc) is 2.45. The summed E-state index contributed by atoms with van der Waals surface area (Å²) in [4.78, 5) is 25.2. The Bertz CT molecular complexity index is 557. The maximum atomic E-state index is 11.8. The predicted molar refractivity (Wildman–Crippen MR) is 84.4 cm³/mol. The highest BCUT2D eigenvalue weighted by molar-refractivity contribution is 5.96. The highest BCUT2D eigenvalue weighted by Gasteiger charge is 2.19. The summed E-state index contributed by atoms with van der Waals surface area (Å²) in [7, 11) is 0. The number of hydrogen-bond donors (Lipinski definition) is 3. The molecule has 6 nitrogen and oxygen atoms in total. The van der Waals surface area contributed by atoms with Crippen LogP contribution in [0.3, 0.4) is 0 Å². The largest absolute Gasteiger partial charge is 0.397 e. The number of fused-ring (bicyclic) bond motifs is 1. The smallest absolute Gasteiger partial charge is 0.239 e. The number of anilines is 3. The molecule has 0 aromatic heterocycles. The van der Waals surface area contributed by atoms with E-state index in [1.54, 1.807) is 0 Å². The average molecular weight is 290 g/mol. The van der Waals surface area contributed by atoms with E-state index in [1.165, 1.54) is 0 Å². The van der Waals surface area contributed by atoms with Crippen LogP contribution in [-0.2, 0) is 16.0 Å². The van der Waals surface area contributed by atoms with Crippen LogP contribution < -0.4 is 21.3 Å². The quantitative estimate of drug-likeness (QED) is 0.709. The Balaban J connectivity index is 2.26. The van der Waals surface area contributed by atoms with Crippen molar-refractivity contribution in [1.29, 1.82) is 0 Å². The molecule has 0 spiro atoms. The molecular weight excluding hydrogens is 268 g/mol. The zero-order valence-corrected chi connectivity index (χ0v) is 12.5. The maximum absolute atomic E-state index is 11.8. The molecule has 1 aromatic carbocycles. The number of nitrogen functional groups attached to an aromatic ring is 1. The summed E-state index contributed by atoms with van der Waals surface area (Å²) >= 11 is 0. The second-order valence-electron chi connectivity index (χ2n) is 5.08. The topological polar surface area (TPSA) is 87.5 Å². The number of carbonyl (C=O) groups excluding carboxylic acids is 2. The van der Waals surface area contributed by atoms with Crippen LogP contribution in [0.15, 0.2) is 12.1 Å². The van der Waals surface area contributed by atoms with E-state index in [-0.39, 0.29) is 18.4 Å². The molecule has 1 aromatic rings. The minimum Gasteiger partial charge on any atom is -0.397 e. The van der Waals surface area contributed by atoms with Crippen molar-refractivity contribution in [2.75, 3.05) is 35.6 Å². The third kappa shape index (κ3) is 3.45. The van der Waals surface area contributed by atoms with Gasteiger partial charge in [-0.3, -0.25) is 9.59 Å². The van der Waals surface area contributed by atoms with Crippen LogP contribution in [0, 0.1) is 0 Å². The van der Waals surface area contributed by atoms with Gasteiger partial charge in [-0.25, -0.2) is 0 Å². The molecule has 0 unspecified atom stereocenters. The molecule has 0 saturated carbocycles. The van der Waals surface area contributed by atoms with Crippen molar-refractivity contribution in [3.05, 3.63) is 17.7 Å². The van der Waals surface area contributed by atoms with Crippen molar-refractivity contribution < 1.29 is 9.59 Å². The van der Waals surface area contributed by atoms with Crippen molar-refractivity contribution >= 4 is 28.9 Å². The Kier molecular flexibility index (Phi) is 4.67. The van der Waals surface area contributed by atoms with Crippen molar-refractivity contribution in [2.45, 2.75) is 26.7 Å². The van der Waals surface area contributed by atoms with Gasteiger partial charge in [0.05, 0.1) is 17.9 Å². The first-order valence-electron chi connectivity index (χ1n) is 7.29. The van der Waals surface area contributed by atoms with Gasteiger partial charge in [0.25, 0.3) is 0 Å². The van der Waals surface area contributed by atoms with E-state index in [2.05, 4.69) is 10.6 Å². The van der Waals surface area contributed by atoms with Crippen LogP contribution in [0.25, 0.3) is 0 Å². The van der Waals surface area contributed by atoms with Crippen LogP contribution in [-0.4, -0.2) is 31.4 Å². The first-order chi connectivity index (χ1) is 10.0. The summed E-state index contributed by atoms with van der Waals surface area (Å²) in [5.74, 6) is -0.0227. The van der Waals surface area contributed by atoms with Gasteiger partial charge in [-0.1, -0.05) is 0 Å². The molecule has 0 aliphatic carbocycles. The van der Waals surface area contributed by atoms with Gasteiger partial charge in [0, 0.05) is 25.2 Å². The minimum atomic E-state index is -0.0412. The lowest BCUT2D eigenvalue weighted by Crippen LogP contribution is -2.37. The van der Waals surface area contributed by atoms with E-state index in [4.69, 9.17) is 5.73 Å². The Morgan fingerprint density at radius 1 is 1.38 bits per heavy atom. The van der Waals surface area contributed by atoms with Gasteiger partial charge >= 0.3 is 0 Å². The monoisotopic (exact) mass is 290 g/mol. The van der Waals surface area contributed by atoms with Crippen LogP contribution in [0.1, 0.15) is 25.8 Å². The van der Waals surface area contributed by atoms with E-state index in [9.17, 15) is 9.59 Å². The molecule has 4 N–H and O–H groups in total. The van der Waals surface area contributed by atoms with E-state index in [1.807, 2.05) is 30.9 Å². The van der Waals surface area contributed by atoms with Gasteiger partial charge in [-0.05, 0) is 38.0 Å². The lowest BCUT2D eigenvalue weighted by atomic mass is 10.0. The molecule has 0 atom stereocenters. The number of nitrogens with zero attached hydrogens (tertiary/aromatic N) is 1. The van der Waals surface area contributed by atoms with E-state index < -0.39 is 0 Å². The Morgan fingerprint density at radius 2 is 2.14 bits per heavy atom. The molecular formula is C15H22N4O2. The number of likely N-dealkylation sites (N-methyl/N-ethyl adjacent to an activating group) is 2. The summed E-state index contributed by atoms with van der Waals surface area (Å²) < 4.78 is 0. The number of amides is 2. The van der Waals surface area contributed by atoms with Crippen molar-refractivity contribution in [1.82, 2.24) is 5.32 Å². The van der Waals surface area contributed by atoms with Gasteiger partial charge in [-0.2, -0.15) is 0 Å². The lowest BCUT2D eigenvalue weighted by Gasteiger charge is -2.27. The van der Waals surface area contributed by atoms with E-state index in [0.29, 0.717) is 31.6 Å². The molecule has 0 saturated heterocycles. The highest BCUT2D eigenvalue weighted by Crippen LogP contribution is 2.33. The molecule has 1 heterocycles. The zero-order valence-electron chi connectivity index (χ0n) is 12.5.